The lowest BCUT2D eigenvalue weighted by Crippen LogP contribution is -2.05. The number of halogens is 3. The summed E-state index contributed by atoms with van der Waals surface area (Å²) in [5.74, 6) is 0. The molecule has 17 heavy (non-hydrogen) atoms. The first-order valence-electron chi connectivity index (χ1n) is 4.60. The molecule has 90 valence electrons. The van der Waals surface area contributed by atoms with Gasteiger partial charge in [0.15, 0.2) is 10.8 Å². The molecule has 0 aliphatic heterocycles. The number of nitrogens with two attached hydrogens (primary N) is 1. The van der Waals surface area contributed by atoms with Gasteiger partial charge in [-0.05, 0) is 18.2 Å². The number of nitrogens with one attached hydrogen (secondary N) is 1. The Hall–Kier alpha value is -1.76. The van der Waals surface area contributed by atoms with Gasteiger partial charge in [0, 0.05) is 16.8 Å². The van der Waals surface area contributed by atoms with Crippen molar-refractivity contribution >= 4 is 27.8 Å². The van der Waals surface area contributed by atoms with Crippen molar-refractivity contribution in [2.24, 2.45) is 0 Å². The zero-order valence-corrected chi connectivity index (χ0v) is 9.27. The summed E-state index contributed by atoms with van der Waals surface area (Å²) in [6, 6.07) is 6.71. The van der Waals surface area contributed by atoms with Crippen LogP contribution >= 0.6 is 11.3 Å². The summed E-state index contributed by atoms with van der Waals surface area (Å²) in [5, 5.41) is 3.91. The maximum Gasteiger partial charge on any atom is 0.434 e. The van der Waals surface area contributed by atoms with Crippen LogP contribution < -0.4 is 11.1 Å². The molecule has 0 spiro atoms. The van der Waals surface area contributed by atoms with Crippen molar-refractivity contribution in [1.29, 1.82) is 0 Å². The van der Waals surface area contributed by atoms with Crippen molar-refractivity contribution < 1.29 is 13.2 Å². The molecule has 1 heterocycles. The summed E-state index contributed by atoms with van der Waals surface area (Å²) in [5.41, 5.74) is 5.79. The number of hydrogen-bond acceptors (Lipinski definition) is 4. The van der Waals surface area contributed by atoms with E-state index in [2.05, 4.69) is 10.3 Å². The number of nitrogens with zero attached hydrogens (tertiary/aromatic N) is 1. The molecule has 3 nitrogen and oxygen atoms in total. The Balaban J connectivity index is 2.17. The Morgan fingerprint density at radius 3 is 2.65 bits per heavy atom. The number of benzene rings is 1. The molecule has 3 N–H and O–H groups in total. The normalized spacial score (nSPS) is 11.5. The van der Waals surface area contributed by atoms with Gasteiger partial charge in [0.05, 0.1) is 0 Å². The predicted molar refractivity (Wildman–Crippen MR) is 61.3 cm³/mol. The minimum atomic E-state index is -4.41. The second-order valence-corrected chi connectivity index (χ2v) is 4.14. The van der Waals surface area contributed by atoms with Crippen LogP contribution in [-0.2, 0) is 6.18 Å². The first kappa shape index (κ1) is 11.7. The molecule has 0 fully saturated rings. The van der Waals surface area contributed by atoms with Crippen LogP contribution in [0.4, 0.5) is 29.7 Å². The lowest BCUT2D eigenvalue weighted by Gasteiger charge is -2.03. The number of aromatic nitrogens is 1. The van der Waals surface area contributed by atoms with Crippen LogP contribution in [0, 0.1) is 0 Å². The van der Waals surface area contributed by atoms with Gasteiger partial charge in [0.1, 0.15) is 0 Å². The molecule has 0 aliphatic carbocycles. The fourth-order valence-corrected chi connectivity index (χ4v) is 1.94. The molecule has 0 unspecified atom stereocenters. The average molecular weight is 259 g/mol. The van der Waals surface area contributed by atoms with Crippen molar-refractivity contribution in [3.8, 4) is 0 Å². The molecule has 1 aromatic carbocycles. The number of hydrogen-bond donors (Lipinski definition) is 2. The second-order valence-electron chi connectivity index (χ2n) is 3.29. The number of alkyl halides is 3. The van der Waals surface area contributed by atoms with E-state index in [0.29, 0.717) is 11.4 Å². The first-order valence-corrected chi connectivity index (χ1v) is 5.48. The Kier molecular flexibility index (Phi) is 2.93. The topological polar surface area (TPSA) is 50.9 Å². The highest BCUT2D eigenvalue weighted by Gasteiger charge is 2.33. The number of anilines is 3. The second kappa shape index (κ2) is 4.25. The molecule has 0 aliphatic rings. The lowest BCUT2D eigenvalue weighted by molar-refractivity contribution is -0.140. The Bertz CT molecular complexity index is 522. The molecule has 0 saturated heterocycles. The van der Waals surface area contributed by atoms with E-state index >= 15 is 0 Å². The van der Waals surface area contributed by atoms with Crippen molar-refractivity contribution in [2.45, 2.75) is 6.18 Å². The summed E-state index contributed by atoms with van der Waals surface area (Å²) >= 11 is 0.894. The minimum Gasteiger partial charge on any atom is -0.399 e. The van der Waals surface area contributed by atoms with Gasteiger partial charge in [0.25, 0.3) is 0 Å². The van der Waals surface area contributed by atoms with Crippen LogP contribution in [0.2, 0.25) is 0 Å². The Labute approximate surface area is 99.1 Å². The van der Waals surface area contributed by atoms with E-state index in [0.717, 1.165) is 16.7 Å². The Morgan fingerprint density at radius 1 is 1.29 bits per heavy atom. The summed E-state index contributed by atoms with van der Waals surface area (Å²) in [6.07, 6.45) is -4.41. The highest BCUT2D eigenvalue weighted by molar-refractivity contribution is 7.13. The van der Waals surface area contributed by atoms with E-state index in [-0.39, 0.29) is 5.13 Å². The molecule has 1 aromatic heterocycles. The third kappa shape index (κ3) is 2.88. The van der Waals surface area contributed by atoms with Gasteiger partial charge in [-0.1, -0.05) is 6.07 Å². The summed E-state index contributed by atoms with van der Waals surface area (Å²) in [7, 11) is 0. The highest BCUT2D eigenvalue weighted by atomic mass is 32.1. The molecular formula is C10H8F3N3S. The fraction of sp³-hybridized carbons (Fsp3) is 0.100. The molecule has 7 heteroatoms. The number of thiazole rings is 1. The number of nitrogen functional groups attached to an aromatic ring is 1. The quantitative estimate of drug-likeness (QED) is 0.812. The molecule has 0 radical (unpaired) electrons. The zero-order chi connectivity index (χ0) is 12.5. The summed E-state index contributed by atoms with van der Waals surface area (Å²) < 4.78 is 36.9. The number of rotatable bonds is 2. The van der Waals surface area contributed by atoms with Crippen molar-refractivity contribution in [3.05, 3.63) is 35.3 Å². The standard InChI is InChI=1S/C10H8F3N3S/c11-10(12,13)8-5-17-9(16-8)15-7-3-1-2-6(14)4-7/h1-5H,14H2,(H,15,16). The third-order valence-electron chi connectivity index (χ3n) is 1.93. The van der Waals surface area contributed by atoms with E-state index < -0.39 is 11.9 Å². The van der Waals surface area contributed by atoms with Crippen molar-refractivity contribution in [3.63, 3.8) is 0 Å². The van der Waals surface area contributed by atoms with Gasteiger partial charge in [-0.15, -0.1) is 11.3 Å². The van der Waals surface area contributed by atoms with Crippen LogP contribution in [0.25, 0.3) is 0 Å². The SMILES string of the molecule is Nc1cccc(Nc2nc(C(F)(F)F)cs2)c1. The van der Waals surface area contributed by atoms with E-state index in [1.165, 1.54) is 0 Å². The highest BCUT2D eigenvalue weighted by Crippen LogP contribution is 2.32. The van der Waals surface area contributed by atoms with Crippen molar-refractivity contribution in [2.75, 3.05) is 11.1 Å². The molecular weight excluding hydrogens is 251 g/mol. The van der Waals surface area contributed by atoms with E-state index in [9.17, 15) is 13.2 Å². The monoisotopic (exact) mass is 259 g/mol. The molecule has 2 rings (SSSR count). The van der Waals surface area contributed by atoms with Crippen LogP contribution in [0.5, 0.6) is 0 Å². The molecule has 0 saturated carbocycles. The zero-order valence-electron chi connectivity index (χ0n) is 8.45. The van der Waals surface area contributed by atoms with Gasteiger partial charge in [-0.25, -0.2) is 4.98 Å². The van der Waals surface area contributed by atoms with Gasteiger partial charge >= 0.3 is 6.18 Å². The van der Waals surface area contributed by atoms with E-state index in [1.807, 2.05) is 0 Å². The Morgan fingerprint density at radius 2 is 2.06 bits per heavy atom. The van der Waals surface area contributed by atoms with E-state index in [4.69, 9.17) is 5.73 Å². The van der Waals surface area contributed by atoms with Crippen LogP contribution in [0.3, 0.4) is 0 Å². The molecule has 0 amide bonds. The van der Waals surface area contributed by atoms with Gasteiger partial charge in [-0.2, -0.15) is 13.2 Å². The maximum absolute atomic E-state index is 12.3. The van der Waals surface area contributed by atoms with Gasteiger partial charge in [0.2, 0.25) is 0 Å². The smallest absolute Gasteiger partial charge is 0.399 e. The predicted octanol–water partition coefficient (Wildman–Crippen LogP) is 3.49. The van der Waals surface area contributed by atoms with E-state index in [1.54, 1.807) is 24.3 Å². The van der Waals surface area contributed by atoms with Gasteiger partial charge < -0.3 is 11.1 Å². The van der Waals surface area contributed by atoms with Gasteiger partial charge in [-0.3, -0.25) is 0 Å². The first-order chi connectivity index (χ1) is 7.95. The molecule has 0 bridgehead atoms. The molecule has 0 atom stereocenters. The van der Waals surface area contributed by atoms with Crippen LogP contribution in [0.15, 0.2) is 29.6 Å². The molecule has 2 aromatic rings. The maximum atomic E-state index is 12.3. The fourth-order valence-electron chi connectivity index (χ4n) is 1.20. The summed E-state index contributed by atoms with van der Waals surface area (Å²) in [4.78, 5) is 3.45. The van der Waals surface area contributed by atoms with Crippen LogP contribution in [-0.4, -0.2) is 4.98 Å². The largest absolute Gasteiger partial charge is 0.434 e. The lowest BCUT2D eigenvalue weighted by atomic mass is 10.3. The summed E-state index contributed by atoms with van der Waals surface area (Å²) in [6.45, 7) is 0. The minimum absolute atomic E-state index is 0.183. The average Bonchev–Trinajstić information content (AvgIpc) is 2.65. The van der Waals surface area contributed by atoms with Crippen LogP contribution in [0.1, 0.15) is 5.69 Å². The van der Waals surface area contributed by atoms with Crippen molar-refractivity contribution in [1.82, 2.24) is 4.98 Å². The third-order valence-corrected chi connectivity index (χ3v) is 2.69.